The summed E-state index contributed by atoms with van der Waals surface area (Å²) in [4.78, 5) is 0. The summed E-state index contributed by atoms with van der Waals surface area (Å²) in [6, 6.07) is 0.0989. The van der Waals surface area contributed by atoms with E-state index in [0.29, 0.717) is 0 Å². The van der Waals surface area contributed by atoms with Crippen LogP contribution in [0.5, 0.6) is 0 Å². The fraction of sp³-hybridized carbons (Fsp3) is 0.667. The minimum absolute atomic E-state index is 0.0989. The molecule has 1 unspecified atom stereocenters. The van der Waals surface area contributed by atoms with Gasteiger partial charge in [-0.2, -0.15) is 5.10 Å². The van der Waals surface area contributed by atoms with E-state index in [1.54, 1.807) is 6.20 Å². The minimum atomic E-state index is 0.0989. The van der Waals surface area contributed by atoms with E-state index in [0.717, 1.165) is 16.6 Å². The van der Waals surface area contributed by atoms with Crippen LogP contribution in [0, 0.1) is 0 Å². The van der Waals surface area contributed by atoms with Gasteiger partial charge in [-0.3, -0.25) is 4.68 Å². The van der Waals surface area contributed by atoms with Gasteiger partial charge in [0.15, 0.2) is 0 Å². The second-order valence-electron chi connectivity index (χ2n) is 3.25. The molecule has 0 spiro atoms. The quantitative estimate of drug-likeness (QED) is 0.886. The lowest BCUT2D eigenvalue weighted by Gasteiger charge is -2.11. The van der Waals surface area contributed by atoms with E-state index in [-0.39, 0.29) is 6.04 Å². The molecule has 0 fully saturated rings. The highest BCUT2D eigenvalue weighted by atomic mass is 79.9. The normalized spacial score (nSPS) is 13.2. The van der Waals surface area contributed by atoms with Crippen LogP contribution >= 0.6 is 15.9 Å². The van der Waals surface area contributed by atoms with Crippen molar-refractivity contribution in [2.45, 2.75) is 32.2 Å². The molecule has 0 amide bonds. The first kappa shape index (κ1) is 10.7. The molecule has 0 aliphatic carbocycles. The predicted molar refractivity (Wildman–Crippen MR) is 57.4 cm³/mol. The first-order valence-electron chi connectivity index (χ1n) is 4.59. The highest BCUT2D eigenvalue weighted by molar-refractivity contribution is 9.10. The molecule has 0 aliphatic heterocycles. The average molecular weight is 246 g/mol. The molecule has 0 radical (unpaired) electrons. The fourth-order valence-electron chi connectivity index (χ4n) is 1.40. The van der Waals surface area contributed by atoms with Gasteiger partial charge in [0.05, 0.1) is 16.4 Å². The number of nitrogens with zero attached hydrogens (tertiary/aromatic N) is 2. The van der Waals surface area contributed by atoms with Crippen molar-refractivity contribution >= 4 is 15.9 Å². The molecule has 1 heterocycles. The van der Waals surface area contributed by atoms with Gasteiger partial charge in [0, 0.05) is 13.1 Å². The van der Waals surface area contributed by atoms with Gasteiger partial charge in [0.2, 0.25) is 0 Å². The smallest absolute Gasteiger partial charge is 0.0690 e. The van der Waals surface area contributed by atoms with E-state index in [1.807, 2.05) is 11.7 Å². The van der Waals surface area contributed by atoms with Crippen LogP contribution < -0.4 is 5.73 Å². The summed E-state index contributed by atoms with van der Waals surface area (Å²) in [5, 5.41) is 4.14. The van der Waals surface area contributed by atoms with Crippen molar-refractivity contribution in [2.24, 2.45) is 12.8 Å². The number of nitrogens with two attached hydrogens (primary N) is 1. The third-order valence-electron chi connectivity index (χ3n) is 2.16. The van der Waals surface area contributed by atoms with Crippen molar-refractivity contribution in [1.82, 2.24) is 9.78 Å². The predicted octanol–water partition coefficient (Wildman–Crippen LogP) is 2.37. The molecule has 0 aliphatic rings. The Hall–Kier alpha value is -0.350. The zero-order valence-electron chi connectivity index (χ0n) is 8.13. The van der Waals surface area contributed by atoms with Crippen molar-refractivity contribution in [1.29, 1.82) is 0 Å². The molecule has 1 aromatic rings. The number of aromatic nitrogens is 2. The molecule has 0 saturated carbocycles. The molecular formula is C9H16BrN3. The number of rotatable bonds is 4. The molecule has 0 saturated heterocycles. The molecule has 3 nitrogen and oxygen atoms in total. The van der Waals surface area contributed by atoms with Gasteiger partial charge in [-0.25, -0.2) is 0 Å². The van der Waals surface area contributed by atoms with Crippen LogP contribution in [0.2, 0.25) is 0 Å². The van der Waals surface area contributed by atoms with Crippen molar-refractivity contribution in [2.75, 3.05) is 0 Å². The first-order valence-corrected chi connectivity index (χ1v) is 5.39. The van der Waals surface area contributed by atoms with E-state index >= 15 is 0 Å². The summed E-state index contributed by atoms with van der Waals surface area (Å²) in [6.45, 7) is 2.17. The van der Waals surface area contributed by atoms with E-state index in [1.165, 1.54) is 12.8 Å². The Morgan fingerprint density at radius 3 is 2.85 bits per heavy atom. The fourth-order valence-corrected chi connectivity index (χ4v) is 2.04. The van der Waals surface area contributed by atoms with Crippen molar-refractivity contribution in [3.05, 3.63) is 16.4 Å². The van der Waals surface area contributed by atoms with Crippen LogP contribution in [0.25, 0.3) is 0 Å². The number of aryl methyl sites for hydroxylation is 1. The van der Waals surface area contributed by atoms with Crippen molar-refractivity contribution in [3.8, 4) is 0 Å². The van der Waals surface area contributed by atoms with Gasteiger partial charge < -0.3 is 5.73 Å². The van der Waals surface area contributed by atoms with Gasteiger partial charge in [-0.15, -0.1) is 0 Å². The Morgan fingerprint density at radius 2 is 2.38 bits per heavy atom. The molecular weight excluding hydrogens is 230 g/mol. The number of hydrogen-bond acceptors (Lipinski definition) is 2. The second-order valence-corrected chi connectivity index (χ2v) is 4.10. The minimum Gasteiger partial charge on any atom is -0.323 e. The molecule has 2 N–H and O–H groups in total. The maximum atomic E-state index is 6.04. The van der Waals surface area contributed by atoms with Crippen LogP contribution in [-0.2, 0) is 7.05 Å². The molecule has 4 heteroatoms. The van der Waals surface area contributed by atoms with Gasteiger partial charge in [-0.05, 0) is 22.4 Å². The zero-order valence-corrected chi connectivity index (χ0v) is 9.71. The van der Waals surface area contributed by atoms with Crippen molar-refractivity contribution < 1.29 is 0 Å². The Bertz CT molecular complexity index is 250. The lowest BCUT2D eigenvalue weighted by Crippen LogP contribution is -2.15. The summed E-state index contributed by atoms with van der Waals surface area (Å²) < 4.78 is 2.85. The lowest BCUT2D eigenvalue weighted by molar-refractivity contribution is 0.553. The summed E-state index contributed by atoms with van der Waals surface area (Å²) in [6.07, 6.45) is 5.16. The summed E-state index contributed by atoms with van der Waals surface area (Å²) in [7, 11) is 1.92. The Morgan fingerprint density at radius 1 is 1.69 bits per heavy atom. The topological polar surface area (TPSA) is 43.8 Å². The summed E-state index contributed by atoms with van der Waals surface area (Å²) in [5.41, 5.74) is 7.13. The van der Waals surface area contributed by atoms with Gasteiger partial charge in [0.25, 0.3) is 0 Å². The largest absolute Gasteiger partial charge is 0.323 e. The van der Waals surface area contributed by atoms with Crippen molar-refractivity contribution in [3.63, 3.8) is 0 Å². The van der Waals surface area contributed by atoms with Crippen LogP contribution in [-0.4, -0.2) is 9.78 Å². The second kappa shape index (κ2) is 4.77. The van der Waals surface area contributed by atoms with E-state index in [4.69, 9.17) is 5.73 Å². The lowest BCUT2D eigenvalue weighted by atomic mass is 10.1. The zero-order chi connectivity index (χ0) is 9.84. The van der Waals surface area contributed by atoms with E-state index in [2.05, 4.69) is 28.0 Å². The Balaban J connectivity index is 2.69. The Kier molecular flexibility index (Phi) is 3.93. The van der Waals surface area contributed by atoms with Crippen LogP contribution in [0.3, 0.4) is 0 Å². The van der Waals surface area contributed by atoms with Crippen LogP contribution in [0.4, 0.5) is 0 Å². The van der Waals surface area contributed by atoms with E-state index in [9.17, 15) is 0 Å². The van der Waals surface area contributed by atoms with E-state index < -0.39 is 0 Å². The summed E-state index contributed by atoms with van der Waals surface area (Å²) >= 11 is 3.45. The van der Waals surface area contributed by atoms with Gasteiger partial charge in [-0.1, -0.05) is 19.8 Å². The van der Waals surface area contributed by atoms with Crippen LogP contribution in [0.15, 0.2) is 10.7 Å². The Labute approximate surface area is 87.4 Å². The monoisotopic (exact) mass is 245 g/mol. The summed E-state index contributed by atoms with van der Waals surface area (Å²) in [5.74, 6) is 0. The number of halogens is 1. The maximum Gasteiger partial charge on any atom is 0.0690 e. The average Bonchev–Trinajstić information content (AvgIpc) is 2.42. The number of unbranched alkanes of at least 4 members (excludes halogenated alkanes) is 1. The highest BCUT2D eigenvalue weighted by Crippen LogP contribution is 2.24. The highest BCUT2D eigenvalue weighted by Gasteiger charge is 2.13. The standard InChI is InChI=1S/C9H16BrN3/c1-3-4-5-8(11)9-7(10)6-12-13(9)2/h6,8H,3-5,11H2,1-2H3. The molecule has 1 aromatic heterocycles. The molecule has 74 valence electrons. The molecule has 0 bridgehead atoms. The molecule has 1 atom stereocenters. The van der Waals surface area contributed by atoms with Crippen LogP contribution in [0.1, 0.15) is 37.9 Å². The first-order chi connectivity index (χ1) is 6.16. The molecule has 1 rings (SSSR count). The third-order valence-corrected chi connectivity index (χ3v) is 2.77. The van der Waals surface area contributed by atoms with Gasteiger partial charge >= 0.3 is 0 Å². The van der Waals surface area contributed by atoms with Gasteiger partial charge in [0.1, 0.15) is 0 Å². The molecule has 13 heavy (non-hydrogen) atoms. The third kappa shape index (κ3) is 2.54. The SMILES string of the molecule is CCCCC(N)c1c(Br)cnn1C. The number of hydrogen-bond donors (Lipinski definition) is 1. The maximum absolute atomic E-state index is 6.04. The molecule has 0 aromatic carbocycles.